The van der Waals surface area contributed by atoms with Crippen LogP contribution >= 0.6 is 35.9 Å². The van der Waals surface area contributed by atoms with Crippen molar-refractivity contribution in [3.63, 3.8) is 0 Å². The first-order valence-corrected chi connectivity index (χ1v) is 5.86. The van der Waals surface area contributed by atoms with Crippen LogP contribution in [0, 0.1) is 0 Å². The lowest BCUT2D eigenvalue weighted by molar-refractivity contribution is 0.859. The molecule has 2 rings (SSSR count). The van der Waals surface area contributed by atoms with Gasteiger partial charge in [0.25, 0.3) is 0 Å². The molecule has 2 heterocycles. The van der Waals surface area contributed by atoms with Crippen molar-refractivity contribution >= 4 is 40.3 Å². The van der Waals surface area contributed by atoms with Crippen molar-refractivity contribution in [3.8, 4) is 0 Å². The van der Waals surface area contributed by atoms with E-state index < -0.39 is 0 Å². The Kier molecular flexibility index (Phi) is 4.79. The first-order chi connectivity index (χ1) is 5.45. The number of rotatable bonds is 1. The summed E-state index contributed by atoms with van der Waals surface area (Å²) in [5, 5.41) is 4.15. The summed E-state index contributed by atoms with van der Waals surface area (Å²) in [6, 6.07) is 0. The summed E-state index contributed by atoms with van der Waals surface area (Å²) in [5.74, 6) is 1.20. The van der Waals surface area contributed by atoms with Crippen molar-refractivity contribution in [2.75, 3.05) is 25.4 Å². The van der Waals surface area contributed by atoms with E-state index in [4.69, 9.17) is 0 Å². The van der Waals surface area contributed by atoms with Crippen LogP contribution in [0.25, 0.3) is 0 Å². The molecule has 0 aromatic heterocycles. The number of aliphatic imine (C=N–C) groups is 1. The van der Waals surface area contributed by atoms with Gasteiger partial charge < -0.3 is 5.32 Å². The zero-order valence-electron chi connectivity index (χ0n) is 6.78. The van der Waals surface area contributed by atoms with Gasteiger partial charge in [0, 0.05) is 17.5 Å². The molecule has 0 aliphatic carbocycles. The Balaban J connectivity index is 0.000000720. The molecule has 70 valence electrons. The zero-order chi connectivity index (χ0) is 7.52. The van der Waals surface area contributed by atoms with E-state index in [1.54, 1.807) is 0 Å². The van der Waals surface area contributed by atoms with E-state index in [2.05, 4.69) is 10.3 Å². The average Bonchev–Trinajstić information content (AvgIpc) is 2.60. The van der Waals surface area contributed by atoms with E-state index in [0.717, 1.165) is 11.8 Å². The number of hydrogen-bond donors (Lipinski definition) is 1. The van der Waals surface area contributed by atoms with E-state index in [9.17, 15) is 0 Å². The molecule has 5 heteroatoms. The number of nitrogens with zero attached hydrogens (tertiary/aromatic N) is 1. The fourth-order valence-corrected chi connectivity index (χ4v) is 3.62. The highest BCUT2D eigenvalue weighted by atomic mass is 35.5. The second kappa shape index (κ2) is 5.37. The maximum Gasteiger partial charge on any atom is 0.124 e. The lowest BCUT2D eigenvalue weighted by atomic mass is 10.4. The minimum absolute atomic E-state index is 0. The predicted octanol–water partition coefficient (Wildman–Crippen LogP) is 1.61. The molecule has 2 aliphatic heterocycles. The smallest absolute Gasteiger partial charge is 0.124 e. The second-order valence-electron chi connectivity index (χ2n) is 2.73. The molecule has 0 radical (unpaired) electrons. The predicted molar refractivity (Wildman–Crippen MR) is 60.9 cm³/mol. The highest BCUT2D eigenvalue weighted by Crippen LogP contribution is 2.28. The summed E-state index contributed by atoms with van der Waals surface area (Å²) in [6.07, 6.45) is 1.31. The lowest BCUT2D eigenvalue weighted by Crippen LogP contribution is -2.10. The van der Waals surface area contributed by atoms with Gasteiger partial charge in [0.2, 0.25) is 0 Å². The van der Waals surface area contributed by atoms with Crippen molar-refractivity contribution < 1.29 is 0 Å². The normalized spacial score (nSPS) is 28.3. The van der Waals surface area contributed by atoms with E-state index in [1.165, 1.54) is 29.6 Å². The lowest BCUT2D eigenvalue weighted by Gasteiger charge is -2.05. The average molecular weight is 225 g/mol. The fourth-order valence-electron chi connectivity index (χ4n) is 1.26. The van der Waals surface area contributed by atoms with Gasteiger partial charge in [-0.3, -0.25) is 4.99 Å². The highest BCUT2D eigenvalue weighted by molar-refractivity contribution is 8.39. The van der Waals surface area contributed by atoms with Crippen LogP contribution in [0.5, 0.6) is 0 Å². The topological polar surface area (TPSA) is 24.4 Å². The Morgan fingerprint density at radius 2 is 2.50 bits per heavy atom. The number of thioether (sulfide) groups is 2. The van der Waals surface area contributed by atoms with Crippen LogP contribution in [0.2, 0.25) is 0 Å². The summed E-state index contributed by atoms with van der Waals surface area (Å²) in [4.78, 5) is 4.41. The van der Waals surface area contributed by atoms with Crippen LogP contribution in [0.3, 0.4) is 0 Å². The van der Waals surface area contributed by atoms with Gasteiger partial charge in [-0.15, -0.1) is 12.4 Å². The van der Waals surface area contributed by atoms with Gasteiger partial charge in [-0.1, -0.05) is 23.5 Å². The Hall–Kier alpha value is 0.620. The largest absolute Gasteiger partial charge is 0.316 e. The second-order valence-corrected chi connectivity index (χ2v) is 5.36. The summed E-state index contributed by atoms with van der Waals surface area (Å²) in [6.45, 7) is 3.40. The van der Waals surface area contributed by atoms with Crippen LogP contribution in [-0.2, 0) is 0 Å². The molecule has 2 nitrogen and oxygen atoms in total. The van der Waals surface area contributed by atoms with E-state index in [-0.39, 0.29) is 12.4 Å². The van der Waals surface area contributed by atoms with Crippen molar-refractivity contribution in [1.82, 2.24) is 5.32 Å². The van der Waals surface area contributed by atoms with Crippen molar-refractivity contribution in [3.05, 3.63) is 0 Å². The minimum atomic E-state index is 0. The maximum absolute atomic E-state index is 4.41. The third kappa shape index (κ3) is 2.83. The molecule has 1 unspecified atom stereocenters. The summed E-state index contributed by atoms with van der Waals surface area (Å²) in [5.41, 5.74) is 0. The molecule has 0 saturated carbocycles. The van der Waals surface area contributed by atoms with Gasteiger partial charge in [0.1, 0.15) is 4.38 Å². The molecule has 12 heavy (non-hydrogen) atoms. The van der Waals surface area contributed by atoms with E-state index in [1.807, 2.05) is 23.5 Å². The number of halogens is 1. The highest BCUT2D eigenvalue weighted by Gasteiger charge is 2.19. The van der Waals surface area contributed by atoms with Gasteiger partial charge in [-0.05, 0) is 13.0 Å². The Bertz CT molecular complexity index is 169. The molecular weight excluding hydrogens is 212 g/mol. The molecule has 0 aromatic carbocycles. The molecule has 0 bridgehead atoms. The Labute approximate surface area is 87.8 Å². The molecule has 1 N–H and O–H groups in total. The molecule has 1 saturated heterocycles. The van der Waals surface area contributed by atoms with E-state index in [0.29, 0.717) is 0 Å². The third-order valence-corrected chi connectivity index (χ3v) is 4.31. The quantitative estimate of drug-likeness (QED) is 0.733. The standard InChI is InChI=1S/C7H12N2S2.ClH/c1-2-8-5-6(1)11-7-9-3-4-10-7;/h6,8H,1-5H2;1H. The van der Waals surface area contributed by atoms with Crippen LogP contribution < -0.4 is 5.32 Å². The SMILES string of the molecule is C1CSC(SC2CCNC2)=N1.Cl. The zero-order valence-corrected chi connectivity index (χ0v) is 9.23. The summed E-state index contributed by atoms with van der Waals surface area (Å²) >= 11 is 3.88. The van der Waals surface area contributed by atoms with Crippen molar-refractivity contribution in [2.45, 2.75) is 11.7 Å². The van der Waals surface area contributed by atoms with Gasteiger partial charge in [0.05, 0.1) is 6.54 Å². The third-order valence-electron chi connectivity index (χ3n) is 1.84. The van der Waals surface area contributed by atoms with E-state index >= 15 is 0 Å². The summed E-state index contributed by atoms with van der Waals surface area (Å²) in [7, 11) is 0. The van der Waals surface area contributed by atoms with Gasteiger partial charge in [-0.25, -0.2) is 0 Å². The molecule has 1 atom stereocenters. The monoisotopic (exact) mass is 224 g/mol. The molecular formula is C7H13ClN2S2. The molecule has 1 fully saturated rings. The molecule has 0 spiro atoms. The molecule has 2 aliphatic rings. The van der Waals surface area contributed by atoms with Gasteiger partial charge in [-0.2, -0.15) is 0 Å². The number of nitrogens with one attached hydrogen (secondary N) is 1. The molecule has 0 aromatic rings. The van der Waals surface area contributed by atoms with Gasteiger partial charge >= 0.3 is 0 Å². The Morgan fingerprint density at radius 3 is 3.08 bits per heavy atom. The van der Waals surface area contributed by atoms with Crippen molar-refractivity contribution in [1.29, 1.82) is 0 Å². The fraction of sp³-hybridized carbons (Fsp3) is 0.857. The van der Waals surface area contributed by atoms with Gasteiger partial charge in [0.15, 0.2) is 0 Å². The van der Waals surface area contributed by atoms with Crippen LogP contribution in [0.15, 0.2) is 4.99 Å². The number of hydrogen-bond acceptors (Lipinski definition) is 4. The van der Waals surface area contributed by atoms with Crippen molar-refractivity contribution in [2.24, 2.45) is 4.99 Å². The summed E-state index contributed by atoms with van der Waals surface area (Å²) < 4.78 is 1.32. The molecule has 0 amide bonds. The maximum atomic E-state index is 4.41. The first kappa shape index (κ1) is 10.7. The van der Waals surface area contributed by atoms with Crippen LogP contribution in [0.4, 0.5) is 0 Å². The minimum Gasteiger partial charge on any atom is -0.316 e. The first-order valence-electron chi connectivity index (χ1n) is 4.00. The van der Waals surface area contributed by atoms with Crippen LogP contribution in [-0.4, -0.2) is 35.0 Å². The van der Waals surface area contributed by atoms with Crippen LogP contribution in [0.1, 0.15) is 6.42 Å². The Morgan fingerprint density at radius 1 is 1.58 bits per heavy atom.